The van der Waals surface area contributed by atoms with Crippen LogP contribution in [-0.4, -0.2) is 35.9 Å². The number of aryl methyl sites for hydroxylation is 1. The summed E-state index contributed by atoms with van der Waals surface area (Å²) in [6, 6.07) is 6.01. The Bertz CT molecular complexity index is 688. The number of aromatic hydroxyl groups is 1. The number of methoxy groups -OCH3 is 2. The number of likely N-dealkylation sites (tertiary alicyclic amines) is 1. The molecule has 1 fully saturated rings. The van der Waals surface area contributed by atoms with Gasteiger partial charge in [0.25, 0.3) is 0 Å². The Balaban J connectivity index is 1.88. The van der Waals surface area contributed by atoms with Crippen LogP contribution in [0.5, 0.6) is 17.2 Å². The summed E-state index contributed by atoms with van der Waals surface area (Å²) in [7, 11) is 3.09. The normalized spacial score (nSPS) is 18.8. The molecule has 1 N–H and O–H groups in total. The topological polar surface area (TPSA) is 68.0 Å². The molecule has 2 aromatic rings. The molecule has 1 atom stereocenters. The minimum absolute atomic E-state index is 0.0355. The number of phenolic OH excluding ortho intramolecular Hbond substituents is 1. The first-order chi connectivity index (χ1) is 12.1. The van der Waals surface area contributed by atoms with Crippen molar-refractivity contribution in [2.75, 3.05) is 20.8 Å². The van der Waals surface area contributed by atoms with Gasteiger partial charge in [-0.3, -0.25) is 4.90 Å². The van der Waals surface area contributed by atoms with Gasteiger partial charge in [-0.15, -0.1) is 0 Å². The van der Waals surface area contributed by atoms with E-state index >= 15 is 0 Å². The van der Waals surface area contributed by atoms with E-state index in [-0.39, 0.29) is 11.8 Å². The fraction of sp³-hybridized carbons (Fsp3) is 0.526. The second-order valence-corrected chi connectivity index (χ2v) is 6.55. The lowest BCUT2D eigenvalue weighted by molar-refractivity contribution is 0.183. The standard InChI is InChI=1S/C19H26N2O4/c1-13-9-15(20-25-13)16-7-5-4-6-8-21(16)12-14-10-17(23-2)19(22)18(11-14)24-3/h9-11,16,22H,4-8,12H2,1-3H3/t16-/m0/s1. The summed E-state index contributed by atoms with van der Waals surface area (Å²) in [4.78, 5) is 2.43. The summed E-state index contributed by atoms with van der Waals surface area (Å²) in [5.41, 5.74) is 2.04. The van der Waals surface area contributed by atoms with E-state index < -0.39 is 0 Å². The maximum absolute atomic E-state index is 10.1. The molecule has 6 nitrogen and oxygen atoms in total. The molecule has 1 aliphatic rings. The van der Waals surface area contributed by atoms with Crippen LogP contribution in [0.25, 0.3) is 0 Å². The second-order valence-electron chi connectivity index (χ2n) is 6.55. The zero-order valence-electron chi connectivity index (χ0n) is 15.1. The number of hydrogen-bond acceptors (Lipinski definition) is 6. The van der Waals surface area contributed by atoms with E-state index in [0.29, 0.717) is 11.5 Å². The molecule has 1 saturated heterocycles. The summed E-state index contributed by atoms with van der Waals surface area (Å²) in [6.07, 6.45) is 4.65. The lowest BCUT2D eigenvalue weighted by Gasteiger charge is -2.28. The monoisotopic (exact) mass is 346 g/mol. The highest BCUT2D eigenvalue weighted by Gasteiger charge is 2.26. The van der Waals surface area contributed by atoms with Crippen molar-refractivity contribution in [3.63, 3.8) is 0 Å². The molecule has 1 aromatic carbocycles. The smallest absolute Gasteiger partial charge is 0.200 e. The molecule has 25 heavy (non-hydrogen) atoms. The van der Waals surface area contributed by atoms with Gasteiger partial charge in [0.2, 0.25) is 5.75 Å². The molecule has 0 aliphatic carbocycles. The Hall–Kier alpha value is -2.21. The van der Waals surface area contributed by atoms with Crippen molar-refractivity contribution in [1.29, 1.82) is 0 Å². The van der Waals surface area contributed by atoms with E-state index in [1.165, 1.54) is 19.3 Å². The Labute approximate surface area is 148 Å². The van der Waals surface area contributed by atoms with Crippen molar-refractivity contribution < 1.29 is 19.1 Å². The van der Waals surface area contributed by atoms with Crippen LogP contribution < -0.4 is 9.47 Å². The molecule has 0 spiro atoms. The lowest BCUT2D eigenvalue weighted by Crippen LogP contribution is -2.28. The molecular weight excluding hydrogens is 320 g/mol. The van der Waals surface area contributed by atoms with Gasteiger partial charge in [0, 0.05) is 12.6 Å². The SMILES string of the molecule is COc1cc(CN2CCCCC[C@H]2c2cc(C)on2)cc(OC)c1O. The van der Waals surface area contributed by atoms with E-state index in [0.717, 1.165) is 36.5 Å². The Kier molecular flexibility index (Phi) is 5.48. The number of nitrogens with zero attached hydrogens (tertiary/aromatic N) is 2. The van der Waals surface area contributed by atoms with Gasteiger partial charge in [-0.2, -0.15) is 0 Å². The van der Waals surface area contributed by atoms with Gasteiger partial charge < -0.3 is 19.1 Å². The highest BCUT2D eigenvalue weighted by Crippen LogP contribution is 2.38. The number of rotatable bonds is 5. The number of hydrogen-bond donors (Lipinski definition) is 1. The fourth-order valence-electron chi connectivity index (χ4n) is 3.51. The fourth-order valence-corrected chi connectivity index (χ4v) is 3.51. The summed E-state index contributed by atoms with van der Waals surface area (Å²) < 4.78 is 15.9. The highest BCUT2D eigenvalue weighted by molar-refractivity contribution is 5.52. The van der Waals surface area contributed by atoms with Gasteiger partial charge in [0.05, 0.1) is 20.3 Å². The Morgan fingerprint density at radius 1 is 1.16 bits per heavy atom. The van der Waals surface area contributed by atoms with Crippen molar-refractivity contribution in [2.45, 2.75) is 45.2 Å². The predicted octanol–water partition coefficient (Wildman–Crippen LogP) is 3.82. The van der Waals surface area contributed by atoms with Gasteiger partial charge in [-0.1, -0.05) is 18.0 Å². The zero-order chi connectivity index (χ0) is 17.8. The van der Waals surface area contributed by atoms with E-state index in [2.05, 4.69) is 10.1 Å². The molecule has 2 heterocycles. The van der Waals surface area contributed by atoms with E-state index in [1.54, 1.807) is 14.2 Å². The third-order valence-corrected chi connectivity index (χ3v) is 4.78. The predicted molar refractivity (Wildman–Crippen MR) is 94.1 cm³/mol. The van der Waals surface area contributed by atoms with Crippen LogP contribution in [0.3, 0.4) is 0 Å². The molecule has 0 unspecified atom stereocenters. The second kappa shape index (κ2) is 7.78. The van der Waals surface area contributed by atoms with E-state index in [9.17, 15) is 5.11 Å². The Morgan fingerprint density at radius 3 is 2.48 bits per heavy atom. The molecule has 1 aromatic heterocycles. The van der Waals surface area contributed by atoms with Gasteiger partial charge >= 0.3 is 0 Å². The average Bonchev–Trinajstić information content (AvgIpc) is 2.91. The van der Waals surface area contributed by atoms with E-state index in [1.807, 2.05) is 25.1 Å². The van der Waals surface area contributed by atoms with Crippen molar-refractivity contribution >= 4 is 0 Å². The van der Waals surface area contributed by atoms with Crippen LogP contribution >= 0.6 is 0 Å². The maximum atomic E-state index is 10.1. The minimum atomic E-state index is 0.0355. The van der Waals surface area contributed by atoms with E-state index in [4.69, 9.17) is 14.0 Å². The van der Waals surface area contributed by atoms with Crippen molar-refractivity contribution in [3.05, 3.63) is 35.2 Å². The quantitative estimate of drug-likeness (QED) is 0.887. The molecule has 0 radical (unpaired) electrons. The largest absolute Gasteiger partial charge is 0.502 e. The van der Waals surface area contributed by atoms with Crippen LogP contribution in [0.2, 0.25) is 0 Å². The molecule has 6 heteroatoms. The van der Waals surface area contributed by atoms with Gasteiger partial charge in [0.1, 0.15) is 11.5 Å². The van der Waals surface area contributed by atoms with Gasteiger partial charge in [-0.25, -0.2) is 0 Å². The van der Waals surface area contributed by atoms with Crippen molar-refractivity contribution in [3.8, 4) is 17.2 Å². The molecule has 3 rings (SSSR count). The summed E-state index contributed by atoms with van der Waals surface area (Å²) >= 11 is 0. The van der Waals surface area contributed by atoms with Crippen LogP contribution in [0.15, 0.2) is 22.7 Å². The number of ether oxygens (including phenoxy) is 2. The first-order valence-corrected chi connectivity index (χ1v) is 8.73. The molecule has 1 aliphatic heterocycles. The number of benzene rings is 1. The van der Waals surface area contributed by atoms with Crippen LogP contribution in [0.4, 0.5) is 0 Å². The maximum Gasteiger partial charge on any atom is 0.200 e. The van der Waals surface area contributed by atoms with Crippen molar-refractivity contribution in [1.82, 2.24) is 10.1 Å². The molecular formula is C19H26N2O4. The zero-order valence-corrected chi connectivity index (χ0v) is 15.1. The van der Waals surface area contributed by atoms with Gasteiger partial charge in [0.15, 0.2) is 11.5 Å². The highest BCUT2D eigenvalue weighted by atomic mass is 16.5. The van der Waals surface area contributed by atoms with Gasteiger partial charge in [-0.05, 0) is 44.0 Å². The van der Waals surface area contributed by atoms with Crippen LogP contribution in [-0.2, 0) is 6.54 Å². The molecule has 136 valence electrons. The molecule has 0 saturated carbocycles. The Morgan fingerprint density at radius 2 is 1.88 bits per heavy atom. The number of aromatic nitrogens is 1. The number of phenols is 1. The average molecular weight is 346 g/mol. The molecule has 0 amide bonds. The summed E-state index contributed by atoms with van der Waals surface area (Å²) in [5.74, 6) is 1.73. The molecule has 0 bridgehead atoms. The summed E-state index contributed by atoms with van der Waals surface area (Å²) in [5, 5.41) is 14.4. The van der Waals surface area contributed by atoms with Crippen LogP contribution in [0, 0.1) is 6.92 Å². The first kappa shape index (κ1) is 17.6. The third kappa shape index (κ3) is 3.90. The van der Waals surface area contributed by atoms with Crippen LogP contribution in [0.1, 0.15) is 48.7 Å². The lowest BCUT2D eigenvalue weighted by atomic mass is 10.1. The summed E-state index contributed by atoms with van der Waals surface area (Å²) in [6.45, 7) is 3.67. The first-order valence-electron chi connectivity index (χ1n) is 8.73. The minimum Gasteiger partial charge on any atom is -0.502 e. The third-order valence-electron chi connectivity index (χ3n) is 4.78. The van der Waals surface area contributed by atoms with Crippen molar-refractivity contribution in [2.24, 2.45) is 0 Å².